The predicted molar refractivity (Wildman–Crippen MR) is 164 cm³/mol. The molecule has 0 saturated carbocycles. The standard InChI is InChI=1S/C35H43F2N3O2/c1-4-8-33-11-7-14-40(33)35(42)29-16-24(3)15-28(21-29)34(41)39-32(20-27-18-30(36)22-31(37)19-27)12-13-38-23-26-10-6-9-25(5-2)17-26/h6,9-10,15-19,21-22,32-33,38H,4-5,7-8,11-14,20,23H2,1-3H3,(H,39,41)/t32-,33+/m1/s1. The first-order valence-corrected chi connectivity index (χ1v) is 15.2. The SMILES string of the molecule is CCC[C@H]1CCCN1C(=O)c1cc(C)cc(C(=O)N[C@H](CCNCc2cccc(CC)c2)Cc2cc(F)cc(F)c2)c1. The molecule has 0 aromatic heterocycles. The zero-order chi connectivity index (χ0) is 30.1. The summed E-state index contributed by atoms with van der Waals surface area (Å²) in [6.07, 6.45) is 5.81. The number of nitrogens with zero attached hydrogens (tertiary/aromatic N) is 1. The number of rotatable bonds is 13. The molecule has 1 saturated heterocycles. The van der Waals surface area contributed by atoms with E-state index >= 15 is 0 Å². The third-order valence-electron chi connectivity index (χ3n) is 7.98. The van der Waals surface area contributed by atoms with E-state index in [9.17, 15) is 18.4 Å². The number of amides is 2. The topological polar surface area (TPSA) is 61.4 Å². The van der Waals surface area contributed by atoms with Crippen molar-refractivity contribution >= 4 is 11.8 Å². The van der Waals surface area contributed by atoms with Crippen molar-refractivity contribution in [2.75, 3.05) is 13.1 Å². The minimum absolute atomic E-state index is 0.0353. The zero-order valence-electron chi connectivity index (χ0n) is 25.0. The van der Waals surface area contributed by atoms with E-state index in [1.807, 2.05) is 24.0 Å². The molecule has 1 heterocycles. The number of hydrogen-bond donors (Lipinski definition) is 2. The van der Waals surface area contributed by atoms with E-state index < -0.39 is 11.6 Å². The molecular formula is C35H43F2N3O2. The van der Waals surface area contributed by atoms with E-state index in [-0.39, 0.29) is 30.3 Å². The Kier molecular flexibility index (Phi) is 11.2. The maximum absolute atomic E-state index is 14.0. The third kappa shape index (κ3) is 8.71. The van der Waals surface area contributed by atoms with Crippen LogP contribution >= 0.6 is 0 Å². The van der Waals surface area contributed by atoms with Crippen LogP contribution in [0.4, 0.5) is 8.78 Å². The van der Waals surface area contributed by atoms with Crippen molar-refractivity contribution in [2.45, 2.75) is 84.3 Å². The van der Waals surface area contributed by atoms with Gasteiger partial charge in [-0.3, -0.25) is 9.59 Å². The summed E-state index contributed by atoms with van der Waals surface area (Å²) >= 11 is 0. The summed E-state index contributed by atoms with van der Waals surface area (Å²) in [4.78, 5) is 28.9. The van der Waals surface area contributed by atoms with E-state index in [4.69, 9.17) is 0 Å². The number of halogens is 2. The van der Waals surface area contributed by atoms with Crippen molar-refractivity contribution in [1.29, 1.82) is 0 Å². The second-order valence-electron chi connectivity index (χ2n) is 11.5. The first kappa shape index (κ1) is 31.4. The van der Waals surface area contributed by atoms with Gasteiger partial charge in [-0.15, -0.1) is 0 Å². The molecular weight excluding hydrogens is 532 g/mol. The Hall–Kier alpha value is -3.58. The van der Waals surface area contributed by atoms with Crippen molar-refractivity contribution in [1.82, 2.24) is 15.5 Å². The summed E-state index contributed by atoms with van der Waals surface area (Å²) in [6, 6.07) is 17.0. The van der Waals surface area contributed by atoms with Crippen LogP contribution in [-0.2, 0) is 19.4 Å². The van der Waals surface area contributed by atoms with Crippen LogP contribution in [0.25, 0.3) is 0 Å². The molecule has 0 spiro atoms. The monoisotopic (exact) mass is 575 g/mol. The highest BCUT2D eigenvalue weighted by molar-refractivity contribution is 6.00. The van der Waals surface area contributed by atoms with E-state index in [1.54, 1.807) is 12.1 Å². The first-order chi connectivity index (χ1) is 20.2. The summed E-state index contributed by atoms with van der Waals surface area (Å²) in [7, 11) is 0. The molecule has 42 heavy (non-hydrogen) atoms. The maximum atomic E-state index is 14.0. The van der Waals surface area contributed by atoms with Crippen LogP contribution in [0, 0.1) is 18.6 Å². The Morgan fingerprint density at radius 2 is 1.69 bits per heavy atom. The molecule has 3 aromatic rings. The highest BCUT2D eigenvalue weighted by Crippen LogP contribution is 2.24. The molecule has 1 fully saturated rings. The largest absolute Gasteiger partial charge is 0.349 e. The molecule has 0 radical (unpaired) electrons. The number of likely N-dealkylation sites (tertiary alicyclic amines) is 1. The minimum Gasteiger partial charge on any atom is -0.349 e. The van der Waals surface area contributed by atoms with Gasteiger partial charge in [-0.2, -0.15) is 0 Å². The summed E-state index contributed by atoms with van der Waals surface area (Å²) in [5.74, 6) is -1.63. The molecule has 4 rings (SSSR count). The van der Waals surface area contributed by atoms with Gasteiger partial charge in [0.25, 0.3) is 11.8 Å². The highest BCUT2D eigenvalue weighted by atomic mass is 19.1. The Bertz CT molecular complexity index is 1360. The fourth-order valence-electron chi connectivity index (χ4n) is 5.92. The van der Waals surface area contributed by atoms with Gasteiger partial charge in [0, 0.05) is 42.4 Å². The molecule has 1 aliphatic rings. The van der Waals surface area contributed by atoms with Gasteiger partial charge in [-0.05, 0) is 105 Å². The van der Waals surface area contributed by atoms with Crippen LogP contribution in [0.2, 0.25) is 0 Å². The van der Waals surface area contributed by atoms with Gasteiger partial charge in [-0.25, -0.2) is 8.78 Å². The molecule has 3 aromatic carbocycles. The Balaban J connectivity index is 1.47. The molecule has 2 atom stereocenters. The molecule has 2 amide bonds. The second kappa shape index (κ2) is 15.1. The number of hydrogen-bond acceptors (Lipinski definition) is 3. The molecule has 0 aliphatic carbocycles. The average Bonchev–Trinajstić information content (AvgIpc) is 3.42. The smallest absolute Gasteiger partial charge is 0.254 e. The zero-order valence-corrected chi connectivity index (χ0v) is 25.0. The summed E-state index contributed by atoms with van der Waals surface area (Å²) < 4.78 is 27.9. The van der Waals surface area contributed by atoms with E-state index in [1.165, 1.54) is 23.3 Å². The van der Waals surface area contributed by atoms with Gasteiger partial charge in [0.1, 0.15) is 11.6 Å². The third-order valence-corrected chi connectivity index (χ3v) is 7.98. The van der Waals surface area contributed by atoms with Gasteiger partial charge >= 0.3 is 0 Å². The van der Waals surface area contributed by atoms with Crippen LogP contribution in [-0.4, -0.2) is 41.9 Å². The Labute approximate surface area is 248 Å². The normalized spacial score (nSPS) is 15.5. The van der Waals surface area contributed by atoms with Crippen molar-refractivity contribution in [3.8, 4) is 0 Å². The van der Waals surface area contributed by atoms with Gasteiger partial charge < -0.3 is 15.5 Å². The fourth-order valence-corrected chi connectivity index (χ4v) is 5.92. The maximum Gasteiger partial charge on any atom is 0.254 e. The summed E-state index contributed by atoms with van der Waals surface area (Å²) in [5.41, 5.74) is 4.68. The van der Waals surface area contributed by atoms with E-state index in [2.05, 4.69) is 42.7 Å². The van der Waals surface area contributed by atoms with Crippen LogP contribution in [0.3, 0.4) is 0 Å². The summed E-state index contributed by atoms with van der Waals surface area (Å²) in [5, 5.41) is 6.52. The van der Waals surface area contributed by atoms with Gasteiger partial charge in [0.2, 0.25) is 0 Å². The Morgan fingerprint density at radius 3 is 2.43 bits per heavy atom. The quantitative estimate of drug-likeness (QED) is 0.221. The molecule has 0 bridgehead atoms. The lowest BCUT2D eigenvalue weighted by molar-refractivity contribution is 0.0730. The van der Waals surface area contributed by atoms with Crippen LogP contribution in [0.15, 0.2) is 60.7 Å². The van der Waals surface area contributed by atoms with Crippen LogP contribution in [0.5, 0.6) is 0 Å². The minimum atomic E-state index is -0.644. The lowest BCUT2D eigenvalue weighted by Crippen LogP contribution is -2.39. The van der Waals surface area contributed by atoms with Crippen molar-refractivity contribution in [3.05, 3.63) is 106 Å². The molecule has 224 valence electrons. The number of carbonyl (C=O) groups is 2. The van der Waals surface area contributed by atoms with E-state index in [0.29, 0.717) is 36.2 Å². The number of benzene rings is 3. The Morgan fingerprint density at radius 1 is 0.952 bits per heavy atom. The molecule has 2 N–H and O–H groups in total. The first-order valence-electron chi connectivity index (χ1n) is 15.2. The highest BCUT2D eigenvalue weighted by Gasteiger charge is 2.29. The predicted octanol–water partition coefficient (Wildman–Crippen LogP) is 6.76. The molecule has 7 heteroatoms. The number of nitrogens with one attached hydrogen (secondary N) is 2. The lowest BCUT2D eigenvalue weighted by atomic mass is 10.0. The average molecular weight is 576 g/mol. The number of aryl methyl sites for hydroxylation is 2. The van der Waals surface area contributed by atoms with Crippen LogP contribution < -0.4 is 10.6 Å². The van der Waals surface area contributed by atoms with Gasteiger partial charge in [-0.1, -0.05) is 44.5 Å². The van der Waals surface area contributed by atoms with Crippen molar-refractivity contribution in [2.24, 2.45) is 0 Å². The van der Waals surface area contributed by atoms with Crippen molar-refractivity contribution < 1.29 is 18.4 Å². The van der Waals surface area contributed by atoms with Crippen LogP contribution in [0.1, 0.15) is 88.9 Å². The van der Waals surface area contributed by atoms with Crippen molar-refractivity contribution in [3.63, 3.8) is 0 Å². The van der Waals surface area contributed by atoms with E-state index in [0.717, 1.165) is 50.3 Å². The molecule has 5 nitrogen and oxygen atoms in total. The number of carbonyl (C=O) groups excluding carboxylic acids is 2. The van der Waals surface area contributed by atoms with Gasteiger partial charge in [0.05, 0.1) is 0 Å². The molecule has 0 unspecified atom stereocenters. The molecule has 1 aliphatic heterocycles. The van der Waals surface area contributed by atoms with Gasteiger partial charge in [0.15, 0.2) is 0 Å². The summed E-state index contributed by atoms with van der Waals surface area (Å²) in [6.45, 7) is 8.15. The lowest BCUT2D eigenvalue weighted by Gasteiger charge is -2.25. The second-order valence-corrected chi connectivity index (χ2v) is 11.5. The fraction of sp³-hybridized carbons (Fsp3) is 0.429.